The zero-order valence-electron chi connectivity index (χ0n) is 10.5. The predicted octanol–water partition coefficient (Wildman–Crippen LogP) is 3.12. The molecule has 0 spiro atoms. The quantitative estimate of drug-likeness (QED) is 0.776. The van der Waals surface area contributed by atoms with Crippen molar-refractivity contribution in [3.8, 4) is 17.0 Å². The van der Waals surface area contributed by atoms with E-state index < -0.39 is 0 Å². The number of benzene rings is 1. The van der Waals surface area contributed by atoms with Crippen molar-refractivity contribution < 1.29 is 9.53 Å². The molecule has 0 aliphatic rings. The average Bonchev–Trinajstić information content (AvgIpc) is 2.87. The van der Waals surface area contributed by atoms with Crippen molar-refractivity contribution in [2.75, 3.05) is 7.11 Å². The Morgan fingerprint density at radius 1 is 1.44 bits per heavy atom. The summed E-state index contributed by atoms with van der Waals surface area (Å²) in [6.07, 6.45) is 2.23. The SMILES string of the molecule is CCc1ccc(OC)c(-c2csc(CC=O)n2)c1. The molecular weight excluding hydrogens is 246 g/mol. The first-order valence-electron chi connectivity index (χ1n) is 5.83. The van der Waals surface area contributed by atoms with Crippen LogP contribution in [0, 0.1) is 0 Å². The van der Waals surface area contributed by atoms with Crippen molar-refractivity contribution in [3.63, 3.8) is 0 Å². The molecule has 0 aliphatic carbocycles. The number of carbonyl (C=O) groups excluding carboxylic acids is 1. The number of hydrogen-bond acceptors (Lipinski definition) is 4. The number of hydrogen-bond donors (Lipinski definition) is 0. The van der Waals surface area contributed by atoms with Crippen molar-refractivity contribution in [2.45, 2.75) is 19.8 Å². The Balaban J connectivity index is 2.43. The largest absolute Gasteiger partial charge is 0.496 e. The van der Waals surface area contributed by atoms with E-state index in [-0.39, 0.29) is 0 Å². The molecule has 0 bridgehead atoms. The Morgan fingerprint density at radius 3 is 2.94 bits per heavy atom. The number of rotatable bonds is 5. The van der Waals surface area contributed by atoms with Crippen molar-refractivity contribution >= 4 is 17.6 Å². The molecule has 0 N–H and O–H groups in total. The van der Waals surface area contributed by atoms with Crippen molar-refractivity contribution in [3.05, 3.63) is 34.2 Å². The molecule has 0 amide bonds. The summed E-state index contributed by atoms with van der Waals surface area (Å²) in [6, 6.07) is 6.12. The van der Waals surface area contributed by atoms with Gasteiger partial charge in [-0.25, -0.2) is 4.98 Å². The van der Waals surface area contributed by atoms with Crippen LogP contribution in [-0.4, -0.2) is 18.4 Å². The summed E-state index contributed by atoms with van der Waals surface area (Å²) < 4.78 is 5.36. The van der Waals surface area contributed by atoms with Gasteiger partial charge in [0.25, 0.3) is 0 Å². The fourth-order valence-electron chi connectivity index (χ4n) is 1.77. The lowest BCUT2D eigenvalue weighted by Gasteiger charge is -2.08. The minimum atomic E-state index is 0.375. The molecule has 1 heterocycles. The Bertz CT molecular complexity index is 548. The number of carbonyl (C=O) groups is 1. The molecule has 0 radical (unpaired) electrons. The minimum Gasteiger partial charge on any atom is -0.496 e. The van der Waals surface area contributed by atoms with Crippen LogP contribution in [0.25, 0.3) is 11.3 Å². The minimum absolute atomic E-state index is 0.375. The van der Waals surface area contributed by atoms with E-state index in [4.69, 9.17) is 4.74 Å². The van der Waals surface area contributed by atoms with Gasteiger partial charge in [-0.15, -0.1) is 11.3 Å². The van der Waals surface area contributed by atoms with Gasteiger partial charge in [0.1, 0.15) is 17.0 Å². The van der Waals surface area contributed by atoms with Crippen LogP contribution in [0.1, 0.15) is 17.5 Å². The van der Waals surface area contributed by atoms with Crippen LogP contribution in [0.4, 0.5) is 0 Å². The molecule has 18 heavy (non-hydrogen) atoms. The van der Waals surface area contributed by atoms with Crippen LogP contribution in [0.2, 0.25) is 0 Å². The Hall–Kier alpha value is -1.68. The predicted molar refractivity (Wildman–Crippen MR) is 73.2 cm³/mol. The highest BCUT2D eigenvalue weighted by molar-refractivity contribution is 7.10. The zero-order valence-corrected chi connectivity index (χ0v) is 11.3. The van der Waals surface area contributed by atoms with E-state index in [2.05, 4.69) is 24.0 Å². The molecule has 0 aliphatic heterocycles. The standard InChI is InChI=1S/C14H15NO2S/c1-3-10-4-5-13(17-2)11(8-10)12-9-18-14(15-12)6-7-16/h4-5,7-9H,3,6H2,1-2H3. The monoisotopic (exact) mass is 261 g/mol. The molecule has 3 nitrogen and oxygen atoms in total. The van der Waals surface area contributed by atoms with E-state index in [1.54, 1.807) is 7.11 Å². The molecule has 2 aromatic rings. The maximum atomic E-state index is 10.5. The molecule has 0 saturated carbocycles. The fraction of sp³-hybridized carbons (Fsp3) is 0.286. The maximum Gasteiger partial charge on any atom is 0.128 e. The van der Waals surface area contributed by atoms with E-state index >= 15 is 0 Å². The van der Waals surface area contributed by atoms with E-state index in [1.807, 2.05) is 11.4 Å². The summed E-state index contributed by atoms with van der Waals surface area (Å²) >= 11 is 1.50. The topological polar surface area (TPSA) is 39.2 Å². The van der Waals surface area contributed by atoms with Gasteiger partial charge in [-0.05, 0) is 24.1 Å². The highest BCUT2D eigenvalue weighted by Gasteiger charge is 2.10. The van der Waals surface area contributed by atoms with Gasteiger partial charge in [-0.3, -0.25) is 0 Å². The van der Waals surface area contributed by atoms with Crippen LogP contribution >= 0.6 is 11.3 Å². The number of methoxy groups -OCH3 is 1. The summed E-state index contributed by atoms with van der Waals surface area (Å²) in [4.78, 5) is 14.9. The second-order valence-electron chi connectivity index (χ2n) is 3.89. The Kier molecular flexibility index (Phi) is 4.10. The maximum absolute atomic E-state index is 10.5. The lowest BCUT2D eigenvalue weighted by Crippen LogP contribution is -1.91. The molecule has 94 valence electrons. The van der Waals surface area contributed by atoms with Gasteiger partial charge >= 0.3 is 0 Å². The van der Waals surface area contributed by atoms with Gasteiger partial charge < -0.3 is 9.53 Å². The summed E-state index contributed by atoms with van der Waals surface area (Å²) in [6.45, 7) is 2.12. The van der Waals surface area contributed by atoms with E-state index in [9.17, 15) is 4.79 Å². The summed E-state index contributed by atoms with van der Waals surface area (Å²) in [5, 5.41) is 2.81. The zero-order chi connectivity index (χ0) is 13.0. The first kappa shape index (κ1) is 12.8. The summed E-state index contributed by atoms with van der Waals surface area (Å²) in [5.74, 6) is 0.815. The Labute approximate surface area is 110 Å². The van der Waals surface area contributed by atoms with Crippen LogP contribution in [0.3, 0.4) is 0 Å². The number of aldehydes is 1. The second-order valence-corrected chi connectivity index (χ2v) is 4.83. The van der Waals surface area contributed by atoms with Crippen LogP contribution < -0.4 is 4.74 Å². The van der Waals surface area contributed by atoms with Crippen molar-refractivity contribution in [1.82, 2.24) is 4.98 Å². The number of thiazole rings is 1. The van der Waals surface area contributed by atoms with Gasteiger partial charge in [0.15, 0.2) is 0 Å². The molecule has 1 aromatic carbocycles. The van der Waals surface area contributed by atoms with Gasteiger partial charge in [0.05, 0.1) is 19.2 Å². The summed E-state index contributed by atoms with van der Waals surface area (Å²) in [7, 11) is 1.66. The average molecular weight is 261 g/mol. The molecule has 0 atom stereocenters. The number of aryl methyl sites for hydroxylation is 1. The lowest BCUT2D eigenvalue weighted by atomic mass is 10.1. The highest BCUT2D eigenvalue weighted by Crippen LogP contribution is 2.31. The third kappa shape index (κ3) is 2.59. The van der Waals surface area contributed by atoms with Crippen LogP contribution in [-0.2, 0) is 17.6 Å². The van der Waals surface area contributed by atoms with Crippen LogP contribution in [0.5, 0.6) is 5.75 Å². The van der Waals surface area contributed by atoms with E-state index in [0.717, 1.165) is 34.7 Å². The lowest BCUT2D eigenvalue weighted by molar-refractivity contribution is -0.107. The van der Waals surface area contributed by atoms with Crippen molar-refractivity contribution in [1.29, 1.82) is 0 Å². The molecule has 2 rings (SSSR count). The van der Waals surface area contributed by atoms with E-state index in [1.165, 1.54) is 16.9 Å². The number of aromatic nitrogens is 1. The molecule has 0 unspecified atom stereocenters. The number of ether oxygens (including phenoxy) is 1. The van der Waals surface area contributed by atoms with E-state index in [0.29, 0.717) is 6.42 Å². The summed E-state index contributed by atoms with van der Waals surface area (Å²) in [5.41, 5.74) is 3.12. The number of nitrogens with zero attached hydrogens (tertiary/aromatic N) is 1. The van der Waals surface area contributed by atoms with Crippen LogP contribution in [0.15, 0.2) is 23.6 Å². The molecule has 0 fully saturated rings. The molecule has 0 saturated heterocycles. The first-order valence-corrected chi connectivity index (χ1v) is 6.71. The molecular formula is C14H15NO2S. The third-order valence-corrected chi connectivity index (χ3v) is 3.63. The van der Waals surface area contributed by atoms with Gasteiger partial charge in [-0.2, -0.15) is 0 Å². The van der Waals surface area contributed by atoms with Gasteiger partial charge in [0, 0.05) is 10.9 Å². The molecule has 1 aromatic heterocycles. The fourth-order valence-corrected chi connectivity index (χ4v) is 2.52. The first-order chi connectivity index (χ1) is 8.78. The van der Waals surface area contributed by atoms with Gasteiger partial charge in [0.2, 0.25) is 0 Å². The Morgan fingerprint density at radius 2 is 2.28 bits per heavy atom. The molecule has 4 heteroatoms. The van der Waals surface area contributed by atoms with Gasteiger partial charge in [-0.1, -0.05) is 13.0 Å². The normalized spacial score (nSPS) is 10.3. The highest BCUT2D eigenvalue weighted by atomic mass is 32.1. The second kappa shape index (κ2) is 5.78. The smallest absolute Gasteiger partial charge is 0.128 e. The van der Waals surface area contributed by atoms with Crippen molar-refractivity contribution in [2.24, 2.45) is 0 Å². The third-order valence-electron chi connectivity index (χ3n) is 2.76.